The summed E-state index contributed by atoms with van der Waals surface area (Å²) in [5, 5.41) is 0. The van der Waals surface area contributed by atoms with Crippen LogP contribution in [0, 0.1) is 6.92 Å². The molecule has 104 valence electrons. The van der Waals surface area contributed by atoms with Crippen molar-refractivity contribution >= 4 is 0 Å². The van der Waals surface area contributed by atoms with E-state index in [9.17, 15) is 0 Å². The summed E-state index contributed by atoms with van der Waals surface area (Å²) < 4.78 is 0. The lowest BCUT2D eigenvalue weighted by Gasteiger charge is -2.29. The lowest BCUT2D eigenvalue weighted by Crippen LogP contribution is -2.21. The quantitative estimate of drug-likeness (QED) is 0.625. The standard InChI is InChI=1S/C20H19N/c1-14-10-11-17-16-8-4-3-7-15(16)13-18(17)20(14)19-9-5-6-12-21(19)2/h3-12,19H,13H2,1-2H3. The molecule has 2 aliphatic rings. The molecular weight excluding hydrogens is 254 g/mol. The molecule has 1 unspecified atom stereocenters. The average Bonchev–Trinajstić information content (AvgIpc) is 2.87. The van der Waals surface area contributed by atoms with Gasteiger partial charge in [-0.2, -0.15) is 0 Å². The van der Waals surface area contributed by atoms with Crippen molar-refractivity contribution in [3.8, 4) is 11.1 Å². The van der Waals surface area contributed by atoms with E-state index in [1.54, 1.807) is 0 Å². The second-order valence-corrected chi connectivity index (χ2v) is 5.99. The van der Waals surface area contributed by atoms with E-state index in [4.69, 9.17) is 0 Å². The minimum atomic E-state index is 0.347. The minimum Gasteiger partial charge on any atom is -0.370 e. The molecule has 0 radical (unpaired) electrons. The van der Waals surface area contributed by atoms with Crippen molar-refractivity contribution < 1.29 is 0 Å². The molecule has 0 bridgehead atoms. The van der Waals surface area contributed by atoms with Gasteiger partial charge in [-0.15, -0.1) is 0 Å². The third kappa shape index (κ3) is 1.84. The van der Waals surface area contributed by atoms with Crippen LogP contribution in [0.25, 0.3) is 11.1 Å². The first-order valence-electron chi connectivity index (χ1n) is 7.53. The Labute approximate surface area is 126 Å². The molecule has 1 atom stereocenters. The number of nitrogens with zero attached hydrogens (tertiary/aromatic N) is 1. The van der Waals surface area contributed by atoms with Gasteiger partial charge in [-0.3, -0.25) is 0 Å². The highest BCUT2D eigenvalue weighted by molar-refractivity contribution is 5.78. The maximum absolute atomic E-state index is 2.30. The summed E-state index contributed by atoms with van der Waals surface area (Å²) in [6, 6.07) is 13.7. The highest BCUT2D eigenvalue weighted by Gasteiger charge is 2.26. The fourth-order valence-electron chi connectivity index (χ4n) is 3.65. The zero-order chi connectivity index (χ0) is 14.4. The van der Waals surface area contributed by atoms with Crippen LogP contribution in [0.4, 0.5) is 0 Å². The summed E-state index contributed by atoms with van der Waals surface area (Å²) in [7, 11) is 2.16. The van der Waals surface area contributed by atoms with Crippen molar-refractivity contribution in [3.05, 3.63) is 83.1 Å². The summed E-state index contributed by atoms with van der Waals surface area (Å²) >= 11 is 0. The summed E-state index contributed by atoms with van der Waals surface area (Å²) in [6.07, 6.45) is 9.77. The van der Waals surface area contributed by atoms with Crippen LogP contribution < -0.4 is 0 Å². The van der Waals surface area contributed by atoms with Crippen LogP contribution in [-0.4, -0.2) is 11.9 Å². The van der Waals surface area contributed by atoms with Crippen LogP contribution in [0.2, 0.25) is 0 Å². The number of fused-ring (bicyclic) bond motifs is 3. The van der Waals surface area contributed by atoms with Crippen molar-refractivity contribution in [1.82, 2.24) is 4.90 Å². The number of hydrogen-bond acceptors (Lipinski definition) is 1. The molecule has 0 N–H and O–H groups in total. The first-order chi connectivity index (χ1) is 10.3. The van der Waals surface area contributed by atoms with Gasteiger partial charge in [0.1, 0.15) is 0 Å². The van der Waals surface area contributed by atoms with Crippen molar-refractivity contribution in [3.63, 3.8) is 0 Å². The number of likely N-dealkylation sites (N-methyl/N-ethyl adjacent to an activating group) is 1. The Bertz CT molecular complexity index is 767. The summed E-state index contributed by atoms with van der Waals surface area (Å²) in [4.78, 5) is 2.30. The lowest BCUT2D eigenvalue weighted by molar-refractivity contribution is 0.387. The second kappa shape index (κ2) is 4.63. The van der Waals surface area contributed by atoms with Gasteiger partial charge in [-0.05, 0) is 59.0 Å². The van der Waals surface area contributed by atoms with Gasteiger partial charge < -0.3 is 4.90 Å². The van der Waals surface area contributed by atoms with Crippen LogP contribution in [0.15, 0.2) is 60.8 Å². The smallest absolute Gasteiger partial charge is 0.0726 e. The van der Waals surface area contributed by atoms with E-state index in [-0.39, 0.29) is 0 Å². The van der Waals surface area contributed by atoms with Gasteiger partial charge in [-0.1, -0.05) is 48.6 Å². The zero-order valence-electron chi connectivity index (χ0n) is 12.5. The van der Waals surface area contributed by atoms with Gasteiger partial charge in [-0.25, -0.2) is 0 Å². The summed E-state index contributed by atoms with van der Waals surface area (Å²) in [5.74, 6) is 0. The number of aryl methyl sites for hydroxylation is 1. The molecule has 1 nitrogen and oxygen atoms in total. The average molecular weight is 273 g/mol. The van der Waals surface area contributed by atoms with E-state index in [2.05, 4.69) is 79.7 Å². The number of rotatable bonds is 1. The van der Waals surface area contributed by atoms with E-state index in [0.29, 0.717) is 6.04 Å². The van der Waals surface area contributed by atoms with E-state index >= 15 is 0 Å². The minimum absolute atomic E-state index is 0.347. The Kier molecular flexibility index (Phi) is 2.75. The molecule has 0 aromatic heterocycles. The van der Waals surface area contributed by atoms with Crippen LogP contribution in [0.5, 0.6) is 0 Å². The van der Waals surface area contributed by atoms with E-state index in [1.807, 2.05) is 0 Å². The molecule has 2 aromatic carbocycles. The highest BCUT2D eigenvalue weighted by atomic mass is 15.1. The zero-order valence-corrected chi connectivity index (χ0v) is 12.5. The molecule has 0 saturated carbocycles. The number of hydrogen-bond donors (Lipinski definition) is 0. The summed E-state index contributed by atoms with van der Waals surface area (Å²) in [6.45, 7) is 2.23. The first-order valence-corrected chi connectivity index (χ1v) is 7.53. The lowest BCUT2D eigenvalue weighted by atomic mass is 9.90. The molecule has 2 aromatic rings. The molecule has 0 spiro atoms. The van der Waals surface area contributed by atoms with Crippen LogP contribution >= 0.6 is 0 Å². The van der Waals surface area contributed by atoms with Crippen molar-refractivity contribution in [1.29, 1.82) is 0 Å². The Morgan fingerprint density at radius 3 is 2.71 bits per heavy atom. The van der Waals surface area contributed by atoms with Gasteiger partial charge in [0.15, 0.2) is 0 Å². The number of benzene rings is 2. The molecule has 1 heterocycles. The third-order valence-corrected chi connectivity index (χ3v) is 4.71. The van der Waals surface area contributed by atoms with Crippen LogP contribution in [0.3, 0.4) is 0 Å². The van der Waals surface area contributed by atoms with Crippen LogP contribution in [-0.2, 0) is 6.42 Å². The maximum atomic E-state index is 2.30. The normalized spacial score (nSPS) is 18.8. The Morgan fingerprint density at radius 2 is 1.86 bits per heavy atom. The topological polar surface area (TPSA) is 3.24 Å². The highest BCUT2D eigenvalue weighted by Crippen LogP contribution is 2.42. The SMILES string of the molecule is Cc1ccc2c(c1C1C=CC=CN1C)Cc1ccccc1-2. The van der Waals surface area contributed by atoms with Gasteiger partial charge in [0.25, 0.3) is 0 Å². The third-order valence-electron chi connectivity index (χ3n) is 4.71. The molecule has 0 fully saturated rings. The first kappa shape index (κ1) is 12.5. The maximum Gasteiger partial charge on any atom is 0.0726 e. The van der Waals surface area contributed by atoms with E-state index < -0.39 is 0 Å². The van der Waals surface area contributed by atoms with Crippen molar-refractivity contribution in [2.75, 3.05) is 7.05 Å². The second-order valence-electron chi connectivity index (χ2n) is 5.99. The Morgan fingerprint density at radius 1 is 1.00 bits per heavy atom. The van der Waals surface area contributed by atoms with Gasteiger partial charge in [0, 0.05) is 7.05 Å². The fraction of sp³-hybridized carbons (Fsp3) is 0.200. The molecule has 1 aliphatic heterocycles. The van der Waals surface area contributed by atoms with Crippen molar-refractivity contribution in [2.45, 2.75) is 19.4 Å². The molecule has 1 aliphatic carbocycles. The van der Waals surface area contributed by atoms with Gasteiger partial charge >= 0.3 is 0 Å². The number of allylic oxidation sites excluding steroid dienone is 2. The molecule has 21 heavy (non-hydrogen) atoms. The van der Waals surface area contributed by atoms with Gasteiger partial charge in [0.2, 0.25) is 0 Å². The monoisotopic (exact) mass is 273 g/mol. The largest absolute Gasteiger partial charge is 0.370 e. The predicted molar refractivity (Wildman–Crippen MR) is 88.2 cm³/mol. The van der Waals surface area contributed by atoms with Crippen molar-refractivity contribution in [2.24, 2.45) is 0 Å². The van der Waals surface area contributed by atoms with Gasteiger partial charge in [0.05, 0.1) is 6.04 Å². The Hall–Kier alpha value is -2.28. The molecule has 0 amide bonds. The van der Waals surface area contributed by atoms with Crippen LogP contribution in [0.1, 0.15) is 28.3 Å². The predicted octanol–water partition coefficient (Wildman–Crippen LogP) is 4.62. The summed E-state index contributed by atoms with van der Waals surface area (Å²) in [5.41, 5.74) is 8.66. The van der Waals surface area contributed by atoms with E-state index in [1.165, 1.54) is 33.4 Å². The molecule has 4 rings (SSSR count). The fourth-order valence-corrected chi connectivity index (χ4v) is 3.65. The Balaban J connectivity index is 1.91. The molecule has 0 saturated heterocycles. The molecular formula is C20H19N. The van der Waals surface area contributed by atoms with E-state index in [0.717, 1.165) is 6.42 Å². The molecule has 1 heteroatoms.